The van der Waals surface area contributed by atoms with Crippen LogP contribution in [0.15, 0.2) is 192 Å². The standard InChI is InChI=1S/C51H31N5O/c1-6-25-43-37(18-1)38-19-2-7-26-44(38)55(43)50-52-49(53-51(54-50)56-45-27-8-3-20-39(45)40-21-4-9-28-46(40)56)35-17-12-15-33(31-35)32-14-11-16-34(30-32)36-23-13-24-42-41-22-5-10-29-47(41)57-48(36)42/h1-31H/i1D,2D,3D,4D,6D,7D,8D,9D,18D,19D,20D,21D,25D,26D,27D,28D. The van der Waals surface area contributed by atoms with Crippen LogP contribution < -0.4 is 0 Å². The molecule has 0 N–H and O–H groups in total. The summed E-state index contributed by atoms with van der Waals surface area (Å²) in [5, 5.41) is 0.857. The van der Waals surface area contributed by atoms with Crippen molar-refractivity contribution in [1.29, 1.82) is 0 Å². The number of rotatable bonds is 5. The Hall–Kier alpha value is -7.83. The summed E-state index contributed by atoms with van der Waals surface area (Å²) in [6, 6.07) is 17.9. The van der Waals surface area contributed by atoms with Crippen LogP contribution in [0.2, 0.25) is 0 Å². The van der Waals surface area contributed by atoms with Gasteiger partial charge in [0.1, 0.15) is 11.2 Å². The van der Waals surface area contributed by atoms with Crippen LogP contribution >= 0.6 is 0 Å². The Kier molecular flexibility index (Phi) is 4.26. The van der Waals surface area contributed by atoms with Crippen molar-refractivity contribution in [3.63, 3.8) is 0 Å². The smallest absolute Gasteiger partial charge is 0.240 e. The van der Waals surface area contributed by atoms with Gasteiger partial charge in [-0.15, -0.1) is 0 Å². The van der Waals surface area contributed by atoms with E-state index in [9.17, 15) is 5.48 Å². The van der Waals surface area contributed by atoms with Crippen LogP contribution in [0, 0.1) is 0 Å². The first kappa shape index (κ1) is 19.7. The van der Waals surface area contributed by atoms with Crippen LogP contribution in [0.4, 0.5) is 0 Å². The molecule has 6 nitrogen and oxygen atoms in total. The first-order chi connectivity index (χ1) is 34.9. The Morgan fingerprint density at radius 2 is 0.860 bits per heavy atom. The van der Waals surface area contributed by atoms with Crippen molar-refractivity contribution in [2.24, 2.45) is 0 Å². The Balaban J connectivity index is 1.18. The summed E-state index contributed by atoms with van der Waals surface area (Å²) in [6.07, 6.45) is 0. The Morgan fingerprint density at radius 1 is 0.404 bits per heavy atom. The van der Waals surface area contributed by atoms with Crippen molar-refractivity contribution in [3.8, 4) is 45.5 Å². The lowest BCUT2D eigenvalue weighted by molar-refractivity contribution is 0.670. The van der Waals surface area contributed by atoms with Crippen LogP contribution in [-0.2, 0) is 0 Å². The van der Waals surface area contributed by atoms with E-state index in [4.69, 9.17) is 35.8 Å². The molecule has 12 aromatic rings. The zero-order valence-electron chi connectivity index (χ0n) is 45.3. The average Bonchev–Trinajstić information content (AvgIpc) is 4.10. The Morgan fingerprint density at radius 3 is 1.44 bits per heavy atom. The number of nitrogens with zero attached hydrogens (tertiary/aromatic N) is 5. The van der Waals surface area contributed by atoms with Crippen molar-refractivity contribution < 1.29 is 26.3 Å². The van der Waals surface area contributed by atoms with Gasteiger partial charge in [0.05, 0.1) is 44.0 Å². The molecule has 8 aromatic carbocycles. The lowest BCUT2D eigenvalue weighted by atomic mass is 9.97. The van der Waals surface area contributed by atoms with E-state index in [0.717, 1.165) is 42.2 Å². The summed E-state index contributed by atoms with van der Waals surface area (Å²) in [7, 11) is 0. The molecule has 0 spiro atoms. The van der Waals surface area contributed by atoms with Gasteiger partial charge in [-0.3, -0.25) is 9.13 Å². The number of hydrogen-bond acceptors (Lipinski definition) is 4. The van der Waals surface area contributed by atoms with Crippen LogP contribution in [0.25, 0.3) is 111 Å². The first-order valence-corrected chi connectivity index (χ1v) is 17.8. The van der Waals surface area contributed by atoms with Gasteiger partial charge in [0.2, 0.25) is 11.9 Å². The minimum absolute atomic E-state index is 0.154. The normalized spacial score (nSPS) is 15.8. The van der Waals surface area contributed by atoms with Crippen LogP contribution in [0.5, 0.6) is 0 Å². The predicted octanol–water partition coefficient (Wildman–Crippen LogP) is 13.0. The third-order valence-electron chi connectivity index (χ3n) is 10.1. The van der Waals surface area contributed by atoms with Crippen LogP contribution in [0.3, 0.4) is 0 Å². The topological polar surface area (TPSA) is 61.7 Å². The van der Waals surface area contributed by atoms with Crippen molar-refractivity contribution in [1.82, 2.24) is 24.1 Å². The fraction of sp³-hybridized carbons (Fsp3) is 0. The molecule has 12 rings (SSSR count). The summed E-state index contributed by atoms with van der Waals surface area (Å²) in [5.41, 5.74) is 3.57. The molecule has 0 amide bonds. The second-order valence-electron chi connectivity index (χ2n) is 13.3. The molecular formula is C51H31N5O. The molecule has 0 aliphatic carbocycles. The number of benzene rings is 8. The maximum atomic E-state index is 9.21. The minimum Gasteiger partial charge on any atom is -0.455 e. The monoisotopic (exact) mass is 745 g/mol. The molecule has 0 unspecified atom stereocenters. The third kappa shape index (κ3) is 4.87. The highest BCUT2D eigenvalue weighted by atomic mass is 16.3. The van der Waals surface area contributed by atoms with Crippen molar-refractivity contribution in [3.05, 3.63) is 188 Å². The average molecular weight is 746 g/mol. The largest absolute Gasteiger partial charge is 0.455 e. The highest BCUT2D eigenvalue weighted by Gasteiger charge is 2.21. The molecule has 0 aliphatic rings. The zero-order chi connectivity index (χ0) is 51.4. The van der Waals surface area contributed by atoms with E-state index in [1.807, 2.05) is 72.8 Å². The molecule has 0 bridgehead atoms. The van der Waals surface area contributed by atoms with Gasteiger partial charge < -0.3 is 4.42 Å². The molecule has 0 aliphatic heterocycles. The van der Waals surface area contributed by atoms with E-state index in [2.05, 4.69) is 0 Å². The molecule has 266 valence electrons. The molecule has 6 heteroatoms. The molecule has 0 atom stereocenters. The van der Waals surface area contributed by atoms with Gasteiger partial charge in [-0.05, 0) is 59.1 Å². The van der Waals surface area contributed by atoms with E-state index >= 15 is 0 Å². The van der Waals surface area contributed by atoms with Gasteiger partial charge in [0.15, 0.2) is 5.82 Å². The quantitative estimate of drug-likeness (QED) is 0.176. The third-order valence-corrected chi connectivity index (χ3v) is 10.1. The van der Waals surface area contributed by atoms with E-state index in [1.54, 1.807) is 18.2 Å². The molecule has 4 aromatic heterocycles. The fourth-order valence-electron chi connectivity index (χ4n) is 7.60. The summed E-state index contributed by atoms with van der Waals surface area (Å²) in [5.74, 6) is -1.10. The zero-order valence-corrected chi connectivity index (χ0v) is 29.3. The lowest BCUT2D eigenvalue weighted by Gasteiger charge is -2.13. The number of para-hydroxylation sites is 6. The predicted molar refractivity (Wildman–Crippen MR) is 232 cm³/mol. The summed E-state index contributed by atoms with van der Waals surface area (Å²) < 4.78 is 151. The number of aromatic nitrogens is 5. The molecule has 0 radical (unpaired) electrons. The van der Waals surface area contributed by atoms with Gasteiger partial charge in [-0.25, -0.2) is 0 Å². The van der Waals surface area contributed by atoms with E-state index < -0.39 is 109 Å². The van der Waals surface area contributed by atoms with Gasteiger partial charge >= 0.3 is 0 Å². The lowest BCUT2D eigenvalue weighted by Crippen LogP contribution is -2.10. The SMILES string of the molecule is [2H]c1c([2H])c([2H])c2c(c1[2H])c1c([2H])c([2H])c([2H])c([2H])c1n2-c1nc(-c2cccc(-c3cccc(-c4cccc5c4oc4ccccc45)c3)c2)nc(-n2c3c([2H])c([2H])c([2H])c([2H])c3c3c([2H])c([2H])c([2H])c([2H])c32)n1. The second kappa shape index (κ2) is 12.3. The highest BCUT2D eigenvalue weighted by molar-refractivity contribution is 6.11. The molecule has 0 saturated carbocycles. The van der Waals surface area contributed by atoms with E-state index in [1.165, 1.54) is 0 Å². The highest BCUT2D eigenvalue weighted by Crippen LogP contribution is 2.38. The second-order valence-corrected chi connectivity index (χ2v) is 13.3. The number of furan rings is 1. The van der Waals surface area contributed by atoms with Crippen molar-refractivity contribution >= 4 is 65.6 Å². The van der Waals surface area contributed by atoms with E-state index in [0.29, 0.717) is 16.7 Å². The summed E-state index contributed by atoms with van der Waals surface area (Å²) >= 11 is 0. The number of hydrogen-bond donors (Lipinski definition) is 0. The first-order valence-electron chi connectivity index (χ1n) is 25.8. The molecule has 0 saturated heterocycles. The van der Waals surface area contributed by atoms with Gasteiger partial charge in [0, 0.05) is 43.4 Å². The fourth-order valence-corrected chi connectivity index (χ4v) is 7.60. The molecule has 4 heterocycles. The Labute approximate surface area is 349 Å². The van der Waals surface area contributed by atoms with Crippen LogP contribution in [-0.4, -0.2) is 24.1 Å². The van der Waals surface area contributed by atoms with E-state index in [-0.39, 0.29) is 49.4 Å². The number of fused-ring (bicyclic) bond motifs is 9. The Bertz CT molecular complexity index is 4150. The summed E-state index contributed by atoms with van der Waals surface area (Å²) in [4.78, 5) is 14.5. The van der Waals surface area contributed by atoms with Crippen LogP contribution in [0.1, 0.15) is 21.9 Å². The van der Waals surface area contributed by atoms with Gasteiger partial charge in [0.25, 0.3) is 0 Å². The summed E-state index contributed by atoms with van der Waals surface area (Å²) in [6.45, 7) is 0. The maximum absolute atomic E-state index is 9.21. The maximum Gasteiger partial charge on any atom is 0.240 e. The van der Waals surface area contributed by atoms with Crippen molar-refractivity contribution in [2.45, 2.75) is 0 Å². The molecule has 57 heavy (non-hydrogen) atoms. The molecule has 0 fully saturated rings. The minimum atomic E-state index is -0.702. The van der Waals surface area contributed by atoms with Gasteiger partial charge in [-0.1, -0.05) is 145 Å². The van der Waals surface area contributed by atoms with Gasteiger partial charge in [-0.2, -0.15) is 15.0 Å². The van der Waals surface area contributed by atoms with Crippen molar-refractivity contribution in [2.75, 3.05) is 0 Å². The molecular weight excluding hydrogens is 699 g/mol.